The third kappa shape index (κ3) is 1.41. The van der Waals surface area contributed by atoms with Crippen LogP contribution in [0.1, 0.15) is 6.92 Å². The highest BCUT2D eigenvalue weighted by molar-refractivity contribution is 7.18. The predicted molar refractivity (Wildman–Crippen MR) is 41.0 cm³/mol. The Morgan fingerprint density at radius 3 is 2.45 bits per heavy atom. The molecule has 0 aromatic carbocycles. The van der Waals surface area contributed by atoms with Crippen molar-refractivity contribution in [1.29, 1.82) is 0 Å². The summed E-state index contributed by atoms with van der Waals surface area (Å²) < 4.78 is 18.3. The van der Waals surface area contributed by atoms with E-state index in [0.29, 0.717) is 0 Å². The van der Waals surface area contributed by atoms with E-state index >= 15 is 0 Å². The van der Waals surface area contributed by atoms with Crippen LogP contribution < -0.4 is 0 Å². The van der Waals surface area contributed by atoms with Gasteiger partial charge in [-0.05, 0) is 6.92 Å². The Morgan fingerprint density at radius 1 is 1.73 bits per heavy atom. The second-order valence-corrected chi connectivity index (χ2v) is 3.66. The first-order chi connectivity index (χ1) is 5.00. The van der Waals surface area contributed by atoms with Crippen LogP contribution >= 0.6 is 9.24 Å². The maximum absolute atomic E-state index is 13.3. The van der Waals surface area contributed by atoms with E-state index in [0.717, 1.165) is 0 Å². The van der Waals surface area contributed by atoms with Crippen molar-refractivity contribution in [3.63, 3.8) is 0 Å². The van der Waals surface area contributed by atoms with Crippen LogP contribution in [0.25, 0.3) is 0 Å². The Morgan fingerprint density at radius 2 is 2.27 bits per heavy atom. The van der Waals surface area contributed by atoms with Crippen LogP contribution in [0.2, 0.25) is 0 Å². The molecule has 0 aromatic rings. The summed E-state index contributed by atoms with van der Waals surface area (Å²) in [5.74, 6) is 0. The van der Waals surface area contributed by atoms with E-state index in [4.69, 9.17) is 9.84 Å². The SMILES string of the molecule is C[C@@H]1O[C@H](CO)[C@@H](O)[C@@]1(F)P. The molecular weight excluding hydrogens is 170 g/mol. The van der Waals surface area contributed by atoms with E-state index < -0.39 is 23.7 Å². The van der Waals surface area contributed by atoms with Gasteiger partial charge in [0.15, 0.2) is 5.41 Å². The zero-order chi connectivity index (χ0) is 8.65. The second-order valence-electron chi connectivity index (χ2n) is 2.77. The molecule has 0 bridgehead atoms. The lowest BCUT2D eigenvalue weighted by atomic mass is 10.1. The average Bonchev–Trinajstić information content (AvgIpc) is 2.14. The van der Waals surface area contributed by atoms with E-state index in [1.54, 1.807) is 0 Å². The fourth-order valence-electron chi connectivity index (χ4n) is 1.11. The van der Waals surface area contributed by atoms with E-state index in [9.17, 15) is 9.50 Å². The zero-order valence-electron chi connectivity index (χ0n) is 6.20. The molecule has 1 heterocycles. The van der Waals surface area contributed by atoms with Crippen LogP contribution in [0.15, 0.2) is 0 Å². The van der Waals surface area contributed by atoms with Crippen LogP contribution in [0.5, 0.6) is 0 Å². The van der Waals surface area contributed by atoms with E-state index in [2.05, 4.69) is 0 Å². The second kappa shape index (κ2) is 2.94. The van der Waals surface area contributed by atoms with Crippen LogP contribution in [-0.2, 0) is 4.74 Å². The summed E-state index contributed by atoms with van der Waals surface area (Å²) in [6.45, 7) is 1.16. The van der Waals surface area contributed by atoms with Gasteiger partial charge in [0, 0.05) is 0 Å². The zero-order valence-corrected chi connectivity index (χ0v) is 7.35. The Labute approximate surface area is 66.8 Å². The van der Waals surface area contributed by atoms with Crippen LogP contribution in [0, 0.1) is 0 Å². The van der Waals surface area contributed by atoms with Crippen molar-refractivity contribution in [2.24, 2.45) is 0 Å². The number of ether oxygens (including phenoxy) is 1. The minimum absolute atomic E-state index is 0.356. The molecule has 2 N–H and O–H groups in total. The number of alkyl halides is 1. The number of halogens is 1. The molecule has 3 nitrogen and oxygen atoms in total. The quantitative estimate of drug-likeness (QED) is 0.546. The Bertz CT molecular complexity index is 153. The van der Waals surface area contributed by atoms with Crippen LogP contribution in [0.4, 0.5) is 4.39 Å². The molecule has 0 aliphatic carbocycles. The molecule has 1 aliphatic rings. The maximum atomic E-state index is 13.3. The Kier molecular flexibility index (Phi) is 2.49. The normalized spacial score (nSPS) is 51.5. The van der Waals surface area contributed by atoms with Gasteiger partial charge < -0.3 is 14.9 Å². The van der Waals surface area contributed by atoms with Crippen LogP contribution in [0.3, 0.4) is 0 Å². The van der Waals surface area contributed by atoms with Gasteiger partial charge in [-0.15, -0.1) is 0 Å². The summed E-state index contributed by atoms with van der Waals surface area (Å²) in [5, 5.41) is 16.0. The highest BCUT2D eigenvalue weighted by Crippen LogP contribution is 2.39. The lowest BCUT2D eigenvalue weighted by Crippen LogP contribution is -2.38. The Balaban J connectivity index is 2.71. The highest BCUT2D eigenvalue weighted by atomic mass is 31.0. The van der Waals surface area contributed by atoms with Gasteiger partial charge >= 0.3 is 0 Å². The standard InChI is InChI=1S/C6H12FO3P/c1-3-6(7,11)5(9)4(2-8)10-3/h3-5,8-9H,2,11H2,1H3/t3-,4+,5+,6-/m0/s1. The molecule has 1 aliphatic heterocycles. The number of hydrogen-bond donors (Lipinski definition) is 2. The molecule has 0 radical (unpaired) electrons. The first-order valence-electron chi connectivity index (χ1n) is 3.42. The number of aliphatic hydroxyl groups excluding tert-OH is 2. The lowest BCUT2D eigenvalue weighted by molar-refractivity contribution is -0.0171. The molecule has 0 amide bonds. The fraction of sp³-hybridized carbons (Fsp3) is 1.00. The molecule has 5 heteroatoms. The Hall–Kier alpha value is 0.240. The van der Waals surface area contributed by atoms with Crippen molar-refractivity contribution in [3.05, 3.63) is 0 Å². The van der Waals surface area contributed by atoms with Crippen molar-refractivity contribution in [1.82, 2.24) is 0 Å². The van der Waals surface area contributed by atoms with Crippen molar-refractivity contribution >= 4 is 9.24 Å². The molecule has 11 heavy (non-hydrogen) atoms. The van der Waals surface area contributed by atoms with E-state index in [1.165, 1.54) is 6.92 Å². The highest BCUT2D eigenvalue weighted by Gasteiger charge is 2.51. The minimum atomic E-state index is -1.83. The van der Waals surface area contributed by atoms with Crippen molar-refractivity contribution in [3.8, 4) is 0 Å². The number of hydrogen-bond acceptors (Lipinski definition) is 3. The summed E-state index contributed by atoms with van der Waals surface area (Å²) in [7, 11) is 1.91. The minimum Gasteiger partial charge on any atom is -0.394 e. The van der Waals surface area contributed by atoms with Crippen molar-refractivity contribution in [2.45, 2.75) is 30.6 Å². The molecule has 1 rings (SSSR count). The van der Waals surface area contributed by atoms with Crippen molar-refractivity contribution < 1.29 is 19.3 Å². The van der Waals surface area contributed by atoms with E-state index in [-0.39, 0.29) is 6.61 Å². The number of rotatable bonds is 1. The monoisotopic (exact) mass is 182 g/mol. The van der Waals surface area contributed by atoms with Gasteiger partial charge in [0.25, 0.3) is 0 Å². The lowest BCUT2D eigenvalue weighted by Gasteiger charge is -2.20. The summed E-state index contributed by atoms with van der Waals surface area (Å²) in [6.07, 6.45) is -2.75. The molecule has 5 atom stereocenters. The fourth-order valence-corrected chi connectivity index (χ4v) is 1.40. The summed E-state index contributed by atoms with van der Waals surface area (Å²) in [4.78, 5) is 0. The smallest absolute Gasteiger partial charge is 0.177 e. The molecule has 0 saturated carbocycles. The summed E-state index contributed by atoms with van der Waals surface area (Å²) >= 11 is 0. The van der Waals surface area contributed by atoms with Crippen molar-refractivity contribution in [2.75, 3.05) is 6.61 Å². The molecule has 1 saturated heterocycles. The molecule has 1 unspecified atom stereocenters. The van der Waals surface area contributed by atoms with Gasteiger partial charge in [-0.3, -0.25) is 0 Å². The molecular formula is C6H12FO3P. The molecule has 0 spiro atoms. The van der Waals surface area contributed by atoms with Gasteiger partial charge in [-0.2, -0.15) is 0 Å². The first-order valence-corrected chi connectivity index (χ1v) is 4.00. The maximum Gasteiger partial charge on any atom is 0.177 e. The topological polar surface area (TPSA) is 49.7 Å². The molecule has 0 aromatic heterocycles. The van der Waals surface area contributed by atoms with Gasteiger partial charge in [0.05, 0.1) is 12.7 Å². The third-order valence-corrected chi connectivity index (χ3v) is 2.80. The third-order valence-electron chi connectivity index (χ3n) is 1.99. The average molecular weight is 182 g/mol. The van der Waals surface area contributed by atoms with E-state index in [1.807, 2.05) is 9.24 Å². The largest absolute Gasteiger partial charge is 0.394 e. The van der Waals surface area contributed by atoms with Gasteiger partial charge in [0.2, 0.25) is 0 Å². The van der Waals surface area contributed by atoms with Gasteiger partial charge in [-0.25, -0.2) is 4.39 Å². The first kappa shape index (κ1) is 9.33. The van der Waals surface area contributed by atoms with Gasteiger partial charge in [0.1, 0.15) is 12.2 Å². The predicted octanol–water partition coefficient (Wildman–Crippen LogP) is -0.332. The summed E-state index contributed by atoms with van der Waals surface area (Å²) in [5.41, 5.74) is 0. The van der Waals surface area contributed by atoms with Gasteiger partial charge in [-0.1, -0.05) is 9.24 Å². The van der Waals surface area contributed by atoms with Crippen LogP contribution in [-0.4, -0.2) is 40.5 Å². The molecule has 1 fully saturated rings. The molecule has 66 valence electrons. The number of aliphatic hydroxyl groups is 2. The summed E-state index contributed by atoms with van der Waals surface area (Å²) in [6, 6.07) is 0.